The molecule has 1 aliphatic rings. The van der Waals surface area contributed by atoms with Crippen molar-refractivity contribution >= 4 is 33.0 Å². The van der Waals surface area contributed by atoms with Crippen molar-refractivity contribution in [3.8, 4) is 11.3 Å². The fourth-order valence-electron chi connectivity index (χ4n) is 3.09. The van der Waals surface area contributed by atoms with E-state index in [-0.39, 0.29) is 24.1 Å². The lowest BCUT2D eigenvalue weighted by Crippen LogP contribution is -2.44. The first kappa shape index (κ1) is 19.0. The van der Waals surface area contributed by atoms with Crippen LogP contribution in [-0.4, -0.2) is 42.5 Å². The Hall–Kier alpha value is -1.77. The van der Waals surface area contributed by atoms with Crippen LogP contribution in [0.25, 0.3) is 11.3 Å². The van der Waals surface area contributed by atoms with Crippen LogP contribution < -0.4 is 5.32 Å². The summed E-state index contributed by atoms with van der Waals surface area (Å²) in [4.78, 5) is 17.1. The average molecular weight is 394 g/mol. The van der Waals surface area contributed by atoms with Crippen molar-refractivity contribution in [3.05, 3.63) is 34.7 Å². The van der Waals surface area contributed by atoms with E-state index in [1.165, 1.54) is 4.31 Å². The second-order valence-corrected chi connectivity index (χ2v) is 9.74. The number of anilines is 1. The van der Waals surface area contributed by atoms with Gasteiger partial charge in [-0.3, -0.25) is 4.79 Å². The molecule has 26 heavy (non-hydrogen) atoms. The molecule has 1 aliphatic heterocycles. The van der Waals surface area contributed by atoms with Crippen molar-refractivity contribution < 1.29 is 13.2 Å². The number of piperidine rings is 1. The summed E-state index contributed by atoms with van der Waals surface area (Å²) in [6.07, 6.45) is 1.40. The number of aromatic nitrogens is 1. The van der Waals surface area contributed by atoms with Crippen molar-refractivity contribution in [3.63, 3.8) is 0 Å². The number of benzene rings is 1. The van der Waals surface area contributed by atoms with Gasteiger partial charge in [-0.2, -0.15) is 0 Å². The number of hydrogen-bond acceptors (Lipinski definition) is 5. The molecular formula is C18H23N3O3S2. The van der Waals surface area contributed by atoms with Crippen LogP contribution in [0.1, 0.15) is 24.8 Å². The molecule has 140 valence electrons. The molecule has 0 radical (unpaired) electrons. The number of rotatable bonds is 5. The summed E-state index contributed by atoms with van der Waals surface area (Å²) in [5.41, 5.74) is 2.54. The van der Waals surface area contributed by atoms with E-state index in [4.69, 9.17) is 0 Å². The van der Waals surface area contributed by atoms with Gasteiger partial charge in [0.05, 0.1) is 22.4 Å². The fraction of sp³-hybridized carbons (Fsp3) is 0.444. The van der Waals surface area contributed by atoms with Crippen molar-refractivity contribution in [1.29, 1.82) is 0 Å². The first-order valence-corrected chi connectivity index (χ1v) is 11.2. The highest BCUT2D eigenvalue weighted by Gasteiger charge is 2.31. The topological polar surface area (TPSA) is 79.4 Å². The lowest BCUT2D eigenvalue weighted by molar-refractivity contribution is -0.120. The number of hydrogen-bond donors (Lipinski definition) is 1. The molecule has 1 fully saturated rings. The lowest BCUT2D eigenvalue weighted by atomic mass is 9.98. The lowest BCUT2D eigenvalue weighted by Gasteiger charge is -2.30. The van der Waals surface area contributed by atoms with E-state index in [0.29, 0.717) is 25.1 Å². The molecule has 1 aromatic heterocycles. The molecule has 0 saturated carbocycles. The zero-order valence-corrected chi connectivity index (χ0v) is 16.6. The number of carbonyl (C=O) groups is 1. The maximum absolute atomic E-state index is 12.6. The maximum atomic E-state index is 12.6. The smallest absolute Gasteiger partial charge is 0.228 e. The third kappa shape index (κ3) is 4.31. The molecule has 1 amide bonds. The molecule has 2 aromatic rings. The summed E-state index contributed by atoms with van der Waals surface area (Å²) in [7, 11) is -3.25. The number of carbonyl (C=O) groups excluding carboxylic acids is 1. The van der Waals surface area contributed by atoms with Crippen LogP contribution in [0.4, 0.5) is 5.69 Å². The summed E-state index contributed by atoms with van der Waals surface area (Å²) in [5.74, 6) is -0.390. The monoisotopic (exact) mass is 393 g/mol. The highest BCUT2D eigenvalue weighted by atomic mass is 32.2. The standard InChI is InChI=1S/C18H23N3O3S2/c1-3-26(23,24)21-9-5-7-15(11-21)18(22)20-16-8-4-6-14(10-16)17-12-25-13(2)19-17/h4,6,8,10,12,15H,3,5,7,9,11H2,1-2H3,(H,20,22)/t15-/m1/s1. The first-order chi connectivity index (χ1) is 12.4. The fourth-order valence-corrected chi connectivity index (χ4v) is 4.89. The number of nitrogens with zero attached hydrogens (tertiary/aromatic N) is 2. The van der Waals surface area contributed by atoms with E-state index in [1.54, 1.807) is 18.3 Å². The van der Waals surface area contributed by atoms with Gasteiger partial charge in [-0.15, -0.1) is 11.3 Å². The molecule has 8 heteroatoms. The minimum atomic E-state index is -3.25. The Balaban J connectivity index is 1.70. The van der Waals surface area contributed by atoms with Crippen LogP contribution in [0.3, 0.4) is 0 Å². The van der Waals surface area contributed by atoms with Gasteiger partial charge in [-0.1, -0.05) is 12.1 Å². The summed E-state index contributed by atoms with van der Waals surface area (Å²) in [6.45, 7) is 4.34. The molecule has 3 rings (SSSR count). The number of amides is 1. The Bertz CT molecular complexity index is 893. The van der Waals surface area contributed by atoms with Gasteiger partial charge in [0, 0.05) is 29.7 Å². The predicted octanol–water partition coefficient (Wildman–Crippen LogP) is 3.12. The molecule has 1 atom stereocenters. The second-order valence-electron chi connectivity index (χ2n) is 6.42. The Kier molecular flexibility index (Phi) is 5.74. The summed E-state index contributed by atoms with van der Waals surface area (Å²) in [5, 5.41) is 5.92. The Labute approximate surface area is 158 Å². The van der Waals surface area contributed by atoms with Gasteiger partial charge in [-0.25, -0.2) is 17.7 Å². The van der Waals surface area contributed by atoms with Gasteiger partial charge in [-0.05, 0) is 38.8 Å². The highest BCUT2D eigenvalue weighted by molar-refractivity contribution is 7.89. The highest BCUT2D eigenvalue weighted by Crippen LogP contribution is 2.25. The van der Waals surface area contributed by atoms with Gasteiger partial charge >= 0.3 is 0 Å². The average Bonchev–Trinajstić information content (AvgIpc) is 3.08. The first-order valence-electron chi connectivity index (χ1n) is 8.70. The van der Waals surface area contributed by atoms with Gasteiger partial charge in [0.2, 0.25) is 15.9 Å². The van der Waals surface area contributed by atoms with Crippen LogP contribution in [0.2, 0.25) is 0 Å². The maximum Gasteiger partial charge on any atom is 0.228 e. The molecule has 0 spiro atoms. The van der Waals surface area contributed by atoms with Crippen molar-refractivity contribution in [1.82, 2.24) is 9.29 Å². The van der Waals surface area contributed by atoms with Gasteiger partial charge in [0.1, 0.15) is 0 Å². The Morgan fingerprint density at radius 1 is 1.42 bits per heavy atom. The summed E-state index contributed by atoms with van der Waals surface area (Å²) < 4.78 is 25.6. The Morgan fingerprint density at radius 3 is 2.92 bits per heavy atom. The number of thiazole rings is 1. The van der Waals surface area contributed by atoms with E-state index in [1.807, 2.05) is 36.6 Å². The minimum absolute atomic E-state index is 0.0659. The second kappa shape index (κ2) is 7.85. The molecule has 6 nitrogen and oxygen atoms in total. The molecular weight excluding hydrogens is 370 g/mol. The zero-order valence-electron chi connectivity index (χ0n) is 14.9. The number of nitrogens with one attached hydrogen (secondary N) is 1. The number of sulfonamides is 1. The zero-order chi connectivity index (χ0) is 18.7. The third-order valence-electron chi connectivity index (χ3n) is 4.56. The van der Waals surface area contributed by atoms with Crippen LogP contribution in [0.15, 0.2) is 29.6 Å². The van der Waals surface area contributed by atoms with E-state index in [0.717, 1.165) is 16.3 Å². The van der Waals surface area contributed by atoms with E-state index in [2.05, 4.69) is 10.3 Å². The summed E-state index contributed by atoms with van der Waals surface area (Å²) >= 11 is 1.59. The van der Waals surface area contributed by atoms with Crippen LogP contribution in [0, 0.1) is 12.8 Å². The van der Waals surface area contributed by atoms with Crippen molar-refractivity contribution in [2.45, 2.75) is 26.7 Å². The molecule has 1 aromatic carbocycles. The minimum Gasteiger partial charge on any atom is -0.326 e. The van der Waals surface area contributed by atoms with Crippen molar-refractivity contribution in [2.75, 3.05) is 24.2 Å². The van der Waals surface area contributed by atoms with Crippen LogP contribution in [-0.2, 0) is 14.8 Å². The van der Waals surface area contributed by atoms with Gasteiger partial charge < -0.3 is 5.32 Å². The molecule has 1 saturated heterocycles. The predicted molar refractivity (Wildman–Crippen MR) is 105 cm³/mol. The quantitative estimate of drug-likeness (QED) is 0.846. The van der Waals surface area contributed by atoms with E-state index >= 15 is 0 Å². The van der Waals surface area contributed by atoms with Crippen LogP contribution >= 0.6 is 11.3 Å². The Morgan fingerprint density at radius 2 is 2.23 bits per heavy atom. The SMILES string of the molecule is CCS(=O)(=O)N1CCC[C@@H](C(=O)Nc2cccc(-c3csc(C)n3)c2)C1. The molecule has 1 N–H and O–H groups in total. The van der Waals surface area contributed by atoms with Gasteiger partial charge in [0.25, 0.3) is 0 Å². The molecule has 0 unspecified atom stereocenters. The number of aryl methyl sites for hydroxylation is 1. The molecule has 2 heterocycles. The molecule has 0 bridgehead atoms. The van der Waals surface area contributed by atoms with Crippen LogP contribution in [0.5, 0.6) is 0 Å². The van der Waals surface area contributed by atoms with Gasteiger partial charge in [0.15, 0.2) is 0 Å². The van der Waals surface area contributed by atoms with E-state index in [9.17, 15) is 13.2 Å². The summed E-state index contributed by atoms with van der Waals surface area (Å²) in [6, 6.07) is 7.58. The third-order valence-corrected chi connectivity index (χ3v) is 7.18. The largest absolute Gasteiger partial charge is 0.326 e. The normalized spacial score (nSPS) is 18.6. The van der Waals surface area contributed by atoms with Crippen molar-refractivity contribution in [2.24, 2.45) is 5.92 Å². The van der Waals surface area contributed by atoms with E-state index < -0.39 is 10.0 Å². The molecule has 0 aliphatic carbocycles.